The molecule has 0 radical (unpaired) electrons. The standard InChI is InChI=1S/C15H14F6N4O4S/c1-25(11-8(27-2)3-4-30-11)13(26)24-12-22-9(28-6-14(16,17)18)5-10(23-12)29-7-15(19,20)21/h3-5H,6-7H2,1-2H3,(H,22,23,24,26). The number of rotatable bonds is 7. The third-order valence-corrected chi connectivity index (χ3v) is 4.07. The first-order chi connectivity index (χ1) is 13.9. The van der Waals surface area contributed by atoms with E-state index in [9.17, 15) is 31.1 Å². The molecule has 15 heteroatoms. The SMILES string of the molecule is COc1ccsc1N(C)C(=O)Nc1nc(OCC(F)(F)F)cc(OCC(F)(F)F)n1. The van der Waals surface area contributed by atoms with Gasteiger partial charge in [-0.15, -0.1) is 11.3 Å². The molecule has 0 unspecified atom stereocenters. The lowest BCUT2D eigenvalue weighted by atomic mass is 10.5. The van der Waals surface area contributed by atoms with Crippen molar-refractivity contribution in [2.45, 2.75) is 12.4 Å². The Morgan fingerprint density at radius 3 is 2.10 bits per heavy atom. The van der Waals surface area contributed by atoms with E-state index in [2.05, 4.69) is 24.8 Å². The molecule has 0 aliphatic heterocycles. The van der Waals surface area contributed by atoms with Gasteiger partial charge in [-0.05, 0) is 11.4 Å². The van der Waals surface area contributed by atoms with E-state index in [0.29, 0.717) is 16.8 Å². The second-order valence-electron chi connectivity index (χ2n) is 5.46. The number of methoxy groups -OCH3 is 1. The van der Waals surface area contributed by atoms with Crippen LogP contribution in [0.15, 0.2) is 17.5 Å². The van der Waals surface area contributed by atoms with Gasteiger partial charge in [-0.25, -0.2) is 4.79 Å². The Morgan fingerprint density at radius 1 is 1.10 bits per heavy atom. The highest BCUT2D eigenvalue weighted by Crippen LogP contribution is 2.34. The van der Waals surface area contributed by atoms with Crippen molar-refractivity contribution >= 4 is 28.3 Å². The molecule has 2 rings (SSSR count). The van der Waals surface area contributed by atoms with Crippen LogP contribution in [0.2, 0.25) is 0 Å². The molecule has 0 aliphatic rings. The van der Waals surface area contributed by atoms with E-state index < -0.39 is 49.3 Å². The molecule has 0 aliphatic carbocycles. The van der Waals surface area contributed by atoms with Gasteiger partial charge in [0, 0.05) is 7.05 Å². The number of carbonyl (C=O) groups excluding carboxylic acids is 1. The number of urea groups is 1. The Hall–Kier alpha value is -2.97. The number of thiophene rings is 1. The van der Waals surface area contributed by atoms with Gasteiger partial charge in [-0.1, -0.05) is 0 Å². The van der Waals surface area contributed by atoms with Crippen LogP contribution in [0.3, 0.4) is 0 Å². The molecular weight excluding hydrogens is 446 g/mol. The summed E-state index contributed by atoms with van der Waals surface area (Å²) in [7, 11) is 2.74. The molecule has 0 saturated carbocycles. The Labute approximate surface area is 169 Å². The first-order valence-electron chi connectivity index (χ1n) is 7.82. The third kappa shape index (κ3) is 7.13. The average Bonchev–Trinajstić information content (AvgIpc) is 3.11. The zero-order valence-electron chi connectivity index (χ0n) is 15.3. The molecule has 2 amide bonds. The number of carbonyl (C=O) groups is 1. The molecule has 2 heterocycles. The molecule has 1 N–H and O–H groups in total. The highest BCUT2D eigenvalue weighted by molar-refractivity contribution is 7.14. The molecule has 166 valence electrons. The minimum atomic E-state index is -4.72. The monoisotopic (exact) mass is 460 g/mol. The number of nitrogens with one attached hydrogen (secondary N) is 1. The summed E-state index contributed by atoms with van der Waals surface area (Å²) < 4.78 is 88.0. The van der Waals surface area contributed by atoms with Gasteiger partial charge in [-0.3, -0.25) is 10.2 Å². The van der Waals surface area contributed by atoms with Gasteiger partial charge >= 0.3 is 18.4 Å². The second-order valence-corrected chi connectivity index (χ2v) is 6.35. The fourth-order valence-electron chi connectivity index (χ4n) is 1.88. The van der Waals surface area contributed by atoms with Crippen molar-refractivity contribution in [2.75, 3.05) is 37.6 Å². The molecule has 0 saturated heterocycles. The summed E-state index contributed by atoms with van der Waals surface area (Å²) in [6.07, 6.45) is -9.45. The van der Waals surface area contributed by atoms with Crippen LogP contribution in [-0.2, 0) is 0 Å². The van der Waals surface area contributed by atoms with E-state index in [1.165, 1.54) is 14.2 Å². The van der Waals surface area contributed by atoms with Gasteiger partial charge in [0.15, 0.2) is 19.0 Å². The summed E-state index contributed by atoms with van der Waals surface area (Å²) in [5.41, 5.74) is 0. The quantitative estimate of drug-likeness (QED) is 0.627. The molecule has 8 nitrogen and oxygen atoms in total. The zero-order chi connectivity index (χ0) is 22.5. The number of halogens is 6. The number of alkyl halides is 6. The molecular formula is C15H14F6N4O4S. The molecule has 2 aromatic rings. The predicted octanol–water partition coefficient (Wildman–Crippen LogP) is 4.10. The van der Waals surface area contributed by atoms with Gasteiger partial charge in [-0.2, -0.15) is 36.3 Å². The van der Waals surface area contributed by atoms with Crippen molar-refractivity contribution in [3.63, 3.8) is 0 Å². The van der Waals surface area contributed by atoms with E-state index in [0.717, 1.165) is 16.2 Å². The Bertz CT molecular complexity index is 837. The van der Waals surface area contributed by atoms with Gasteiger partial charge in [0.1, 0.15) is 5.00 Å². The van der Waals surface area contributed by atoms with Crippen molar-refractivity contribution in [1.82, 2.24) is 9.97 Å². The topological polar surface area (TPSA) is 85.8 Å². The van der Waals surface area contributed by atoms with Crippen LogP contribution in [-0.4, -0.2) is 55.7 Å². The van der Waals surface area contributed by atoms with Crippen molar-refractivity contribution < 1.29 is 45.3 Å². The largest absolute Gasteiger partial charge is 0.494 e. The lowest BCUT2D eigenvalue weighted by molar-refractivity contribution is -0.154. The average molecular weight is 460 g/mol. The summed E-state index contributed by atoms with van der Waals surface area (Å²) in [4.78, 5) is 20.6. The fraction of sp³-hybridized carbons (Fsp3) is 0.400. The zero-order valence-corrected chi connectivity index (χ0v) is 16.1. The van der Waals surface area contributed by atoms with Crippen LogP contribution < -0.4 is 24.4 Å². The molecule has 30 heavy (non-hydrogen) atoms. The third-order valence-electron chi connectivity index (χ3n) is 3.10. The molecule has 2 aromatic heterocycles. The molecule has 0 atom stereocenters. The van der Waals surface area contributed by atoms with Crippen LogP contribution in [0, 0.1) is 0 Å². The predicted molar refractivity (Wildman–Crippen MR) is 93.4 cm³/mol. The van der Waals surface area contributed by atoms with Gasteiger partial charge in [0.05, 0.1) is 13.2 Å². The van der Waals surface area contributed by atoms with E-state index in [-0.39, 0.29) is 0 Å². The van der Waals surface area contributed by atoms with E-state index in [1.807, 2.05) is 0 Å². The number of aromatic nitrogens is 2. The minimum Gasteiger partial charge on any atom is -0.494 e. The van der Waals surface area contributed by atoms with Crippen molar-refractivity contribution in [3.8, 4) is 17.5 Å². The number of nitrogens with zero attached hydrogens (tertiary/aromatic N) is 3. The van der Waals surface area contributed by atoms with Crippen molar-refractivity contribution in [2.24, 2.45) is 0 Å². The highest BCUT2D eigenvalue weighted by Gasteiger charge is 2.30. The molecule has 0 fully saturated rings. The maximum Gasteiger partial charge on any atom is 0.422 e. The second kappa shape index (κ2) is 9.23. The summed E-state index contributed by atoms with van der Waals surface area (Å²) in [5, 5.41) is 4.17. The van der Waals surface area contributed by atoms with E-state index in [4.69, 9.17) is 4.74 Å². The minimum absolute atomic E-state index is 0.370. The molecule has 0 spiro atoms. The lowest BCUT2D eigenvalue weighted by Crippen LogP contribution is -2.31. The molecule has 0 bridgehead atoms. The lowest BCUT2D eigenvalue weighted by Gasteiger charge is -2.17. The number of amides is 2. The first kappa shape index (κ1) is 23.3. The highest BCUT2D eigenvalue weighted by atomic mass is 32.1. The summed E-state index contributed by atoms with van der Waals surface area (Å²) in [6, 6.07) is 1.39. The van der Waals surface area contributed by atoms with Crippen molar-refractivity contribution in [3.05, 3.63) is 17.5 Å². The number of hydrogen-bond acceptors (Lipinski definition) is 7. The van der Waals surface area contributed by atoms with Crippen molar-refractivity contribution in [1.29, 1.82) is 0 Å². The van der Waals surface area contributed by atoms with Gasteiger partial charge < -0.3 is 14.2 Å². The number of anilines is 2. The van der Waals surface area contributed by atoms with Gasteiger partial charge in [0.2, 0.25) is 17.7 Å². The summed E-state index contributed by atoms with van der Waals surface area (Å²) in [5.74, 6) is -1.74. The number of ether oxygens (including phenoxy) is 3. The van der Waals surface area contributed by atoms with Gasteiger partial charge in [0.25, 0.3) is 0 Å². The first-order valence-corrected chi connectivity index (χ1v) is 8.70. The van der Waals surface area contributed by atoms with Crippen LogP contribution in [0.25, 0.3) is 0 Å². The van der Waals surface area contributed by atoms with Crippen LogP contribution in [0.1, 0.15) is 0 Å². The van der Waals surface area contributed by atoms with E-state index in [1.54, 1.807) is 11.4 Å². The summed E-state index contributed by atoms with van der Waals surface area (Å²) in [6.45, 7) is -3.52. The maximum atomic E-state index is 12.4. The van der Waals surface area contributed by atoms with E-state index >= 15 is 0 Å². The van der Waals surface area contributed by atoms with Crippen LogP contribution in [0.4, 0.5) is 42.1 Å². The molecule has 0 aromatic carbocycles. The Balaban J connectivity index is 2.22. The Kier molecular flexibility index (Phi) is 7.17. The number of hydrogen-bond donors (Lipinski definition) is 1. The normalized spacial score (nSPS) is 11.7. The maximum absolute atomic E-state index is 12.4. The summed E-state index contributed by atoms with van der Waals surface area (Å²) >= 11 is 1.15. The van der Waals surface area contributed by atoms with Crippen LogP contribution >= 0.6 is 11.3 Å². The van der Waals surface area contributed by atoms with Crippen LogP contribution in [0.5, 0.6) is 17.5 Å². The smallest absolute Gasteiger partial charge is 0.422 e. The Morgan fingerprint density at radius 2 is 1.63 bits per heavy atom. The fourth-order valence-corrected chi connectivity index (χ4v) is 2.71.